The molecule has 0 amide bonds. The number of nitrogens with two attached hydrogens (primary N) is 1. The van der Waals surface area contributed by atoms with Crippen LogP contribution < -0.4 is 5.73 Å². The number of aromatic nitrogens is 3. The van der Waals surface area contributed by atoms with Gasteiger partial charge >= 0.3 is 0 Å². The summed E-state index contributed by atoms with van der Waals surface area (Å²) in [7, 11) is 1.77. The average Bonchev–Trinajstić information content (AvgIpc) is 3.14. The fourth-order valence-corrected chi connectivity index (χ4v) is 2.00. The lowest BCUT2D eigenvalue weighted by molar-refractivity contribution is -0.384. The highest BCUT2D eigenvalue weighted by Gasteiger charge is 2.29. The quantitative estimate of drug-likeness (QED) is 0.515. The molecule has 0 spiro atoms. The number of nitrogen functional groups attached to an aromatic ring is 1. The van der Waals surface area contributed by atoms with Crippen LogP contribution in [0, 0.1) is 10.1 Å². The summed E-state index contributed by atoms with van der Waals surface area (Å²) < 4.78 is 1.63. The summed E-state index contributed by atoms with van der Waals surface area (Å²) in [5.41, 5.74) is 6.90. The Morgan fingerprint density at radius 1 is 1.47 bits per heavy atom. The lowest BCUT2D eigenvalue weighted by Crippen LogP contribution is -1.99. The van der Waals surface area contributed by atoms with Gasteiger partial charge in [0.1, 0.15) is 0 Å². The Morgan fingerprint density at radius 2 is 2.21 bits per heavy atom. The highest BCUT2D eigenvalue weighted by molar-refractivity contribution is 5.74. The number of nitro benzene ring substituents is 1. The number of rotatable bonds is 3. The van der Waals surface area contributed by atoms with Crippen molar-refractivity contribution in [1.82, 2.24) is 14.8 Å². The molecule has 2 aromatic rings. The second kappa shape index (κ2) is 4.04. The number of hydrogen-bond acceptors (Lipinski definition) is 5. The molecule has 2 N–H and O–H groups in total. The maximum absolute atomic E-state index is 10.8. The monoisotopic (exact) mass is 259 g/mol. The third-order valence-corrected chi connectivity index (χ3v) is 3.21. The maximum atomic E-state index is 10.8. The van der Waals surface area contributed by atoms with E-state index >= 15 is 0 Å². The molecule has 0 bridgehead atoms. The smallest absolute Gasteiger partial charge is 0.270 e. The van der Waals surface area contributed by atoms with Crippen LogP contribution in [-0.2, 0) is 7.05 Å². The van der Waals surface area contributed by atoms with Crippen molar-refractivity contribution in [1.29, 1.82) is 0 Å². The van der Waals surface area contributed by atoms with Crippen LogP contribution in [0.4, 0.5) is 11.4 Å². The van der Waals surface area contributed by atoms with E-state index in [0.717, 1.165) is 18.7 Å². The van der Waals surface area contributed by atoms with Crippen LogP contribution in [0.3, 0.4) is 0 Å². The SMILES string of the molecule is Cn1nc(C2CC2)nc1-c1cc([N+](=O)[O-])ccc1N. The number of hydrogen-bond donors (Lipinski definition) is 1. The molecule has 19 heavy (non-hydrogen) atoms. The molecule has 1 aliphatic carbocycles. The van der Waals surface area contributed by atoms with Crippen LogP contribution in [0.5, 0.6) is 0 Å². The summed E-state index contributed by atoms with van der Waals surface area (Å²) in [5.74, 6) is 1.80. The second-order valence-electron chi connectivity index (χ2n) is 4.72. The van der Waals surface area contributed by atoms with Gasteiger partial charge in [-0.1, -0.05) is 0 Å². The van der Waals surface area contributed by atoms with Crippen molar-refractivity contribution in [2.75, 3.05) is 5.73 Å². The first-order valence-corrected chi connectivity index (χ1v) is 6.01. The summed E-state index contributed by atoms with van der Waals surface area (Å²) >= 11 is 0. The van der Waals surface area contributed by atoms with Gasteiger partial charge in [0, 0.05) is 36.3 Å². The molecule has 7 heteroatoms. The molecule has 0 aliphatic heterocycles. The molecule has 1 saturated carbocycles. The maximum Gasteiger partial charge on any atom is 0.270 e. The highest BCUT2D eigenvalue weighted by atomic mass is 16.6. The van der Waals surface area contributed by atoms with Crippen LogP contribution in [0.25, 0.3) is 11.4 Å². The van der Waals surface area contributed by atoms with Gasteiger partial charge in [-0.3, -0.25) is 10.1 Å². The van der Waals surface area contributed by atoms with E-state index in [2.05, 4.69) is 10.1 Å². The number of benzene rings is 1. The van der Waals surface area contributed by atoms with Crippen molar-refractivity contribution in [2.24, 2.45) is 7.05 Å². The van der Waals surface area contributed by atoms with Crippen molar-refractivity contribution in [3.05, 3.63) is 34.1 Å². The van der Waals surface area contributed by atoms with E-state index in [0.29, 0.717) is 23.0 Å². The summed E-state index contributed by atoms with van der Waals surface area (Å²) in [6.45, 7) is 0. The number of anilines is 1. The molecule has 0 radical (unpaired) electrons. The Morgan fingerprint density at radius 3 is 2.84 bits per heavy atom. The van der Waals surface area contributed by atoms with E-state index < -0.39 is 4.92 Å². The van der Waals surface area contributed by atoms with Gasteiger partial charge in [-0.25, -0.2) is 9.67 Å². The molecule has 1 fully saturated rings. The minimum absolute atomic E-state index is 0.000159. The first-order chi connectivity index (χ1) is 9.06. The summed E-state index contributed by atoms with van der Waals surface area (Å²) in [5, 5.41) is 15.2. The Kier molecular flexibility index (Phi) is 2.48. The standard InChI is InChI=1S/C12H13N5O2/c1-16-12(14-11(15-16)7-2-3-7)9-6-8(17(18)19)4-5-10(9)13/h4-7H,2-3,13H2,1H3. The molecule has 0 unspecified atom stereocenters. The molecular formula is C12H13N5O2. The van der Waals surface area contributed by atoms with Crippen LogP contribution in [-0.4, -0.2) is 19.7 Å². The van der Waals surface area contributed by atoms with Crippen LogP contribution in [0.1, 0.15) is 24.6 Å². The number of aryl methyl sites for hydroxylation is 1. The predicted octanol–water partition coefficient (Wildman–Crippen LogP) is 1.85. The molecule has 1 aromatic carbocycles. The molecular weight excluding hydrogens is 246 g/mol. The Hall–Kier alpha value is -2.44. The van der Waals surface area contributed by atoms with E-state index in [4.69, 9.17) is 5.73 Å². The first-order valence-electron chi connectivity index (χ1n) is 6.01. The number of nitro groups is 1. The predicted molar refractivity (Wildman–Crippen MR) is 69.5 cm³/mol. The lowest BCUT2D eigenvalue weighted by Gasteiger charge is -2.04. The van der Waals surface area contributed by atoms with E-state index in [9.17, 15) is 10.1 Å². The van der Waals surface area contributed by atoms with Crippen molar-refractivity contribution < 1.29 is 4.92 Å². The molecule has 1 heterocycles. The van der Waals surface area contributed by atoms with Gasteiger partial charge in [-0.2, -0.15) is 5.10 Å². The lowest BCUT2D eigenvalue weighted by atomic mass is 10.1. The third kappa shape index (κ3) is 2.03. The van der Waals surface area contributed by atoms with Gasteiger partial charge < -0.3 is 5.73 Å². The third-order valence-electron chi connectivity index (χ3n) is 3.21. The van der Waals surface area contributed by atoms with Crippen LogP contribution in [0.15, 0.2) is 18.2 Å². The second-order valence-corrected chi connectivity index (χ2v) is 4.72. The summed E-state index contributed by atoms with van der Waals surface area (Å²) in [4.78, 5) is 14.8. The summed E-state index contributed by atoms with van der Waals surface area (Å²) in [6, 6.07) is 4.35. The van der Waals surface area contributed by atoms with E-state index in [1.165, 1.54) is 18.2 Å². The molecule has 0 atom stereocenters. The zero-order valence-electron chi connectivity index (χ0n) is 10.4. The zero-order chi connectivity index (χ0) is 13.6. The van der Waals surface area contributed by atoms with Crippen LogP contribution >= 0.6 is 0 Å². The normalized spacial score (nSPS) is 14.6. The van der Waals surface area contributed by atoms with Crippen molar-refractivity contribution in [2.45, 2.75) is 18.8 Å². The summed E-state index contributed by atoms with van der Waals surface area (Å²) in [6.07, 6.45) is 2.21. The van der Waals surface area contributed by atoms with Gasteiger partial charge in [-0.15, -0.1) is 0 Å². The molecule has 98 valence electrons. The van der Waals surface area contributed by atoms with Crippen molar-refractivity contribution >= 4 is 11.4 Å². The van der Waals surface area contributed by atoms with Gasteiger partial charge in [0.25, 0.3) is 5.69 Å². The highest BCUT2D eigenvalue weighted by Crippen LogP contribution is 2.39. The first kappa shape index (κ1) is 11.6. The largest absolute Gasteiger partial charge is 0.398 e. The molecule has 1 aromatic heterocycles. The fourth-order valence-electron chi connectivity index (χ4n) is 2.00. The van der Waals surface area contributed by atoms with Gasteiger partial charge in [0.05, 0.1) is 4.92 Å². The minimum atomic E-state index is -0.443. The average molecular weight is 259 g/mol. The van der Waals surface area contributed by atoms with E-state index in [1.807, 2.05) is 0 Å². The minimum Gasteiger partial charge on any atom is -0.398 e. The van der Waals surface area contributed by atoms with Gasteiger partial charge in [-0.05, 0) is 18.9 Å². The zero-order valence-corrected chi connectivity index (χ0v) is 10.4. The molecule has 0 saturated heterocycles. The number of nitrogens with zero attached hydrogens (tertiary/aromatic N) is 4. The van der Waals surface area contributed by atoms with Gasteiger partial charge in [0.2, 0.25) is 0 Å². The Balaban J connectivity index is 2.09. The fraction of sp³-hybridized carbons (Fsp3) is 0.333. The number of non-ortho nitro benzene ring substituents is 1. The van der Waals surface area contributed by atoms with Crippen molar-refractivity contribution in [3.63, 3.8) is 0 Å². The Bertz CT molecular complexity index is 660. The van der Waals surface area contributed by atoms with Gasteiger partial charge in [0.15, 0.2) is 11.6 Å². The van der Waals surface area contributed by atoms with Crippen LogP contribution in [0.2, 0.25) is 0 Å². The van der Waals surface area contributed by atoms with Crippen molar-refractivity contribution in [3.8, 4) is 11.4 Å². The van der Waals surface area contributed by atoms with E-state index in [-0.39, 0.29) is 5.69 Å². The topological polar surface area (TPSA) is 99.9 Å². The van der Waals surface area contributed by atoms with E-state index in [1.54, 1.807) is 11.7 Å². The molecule has 1 aliphatic rings. The molecule has 7 nitrogen and oxygen atoms in total. The Labute approximate surface area is 109 Å². The molecule has 3 rings (SSSR count).